The smallest absolute Gasteiger partial charge is 0.233 e. The monoisotopic (exact) mass is 234 g/mol. The number of hydrogen-bond acceptors (Lipinski definition) is 2. The second-order valence-electron chi connectivity index (χ2n) is 4.48. The first-order valence-corrected chi connectivity index (χ1v) is 6.11. The van der Waals surface area contributed by atoms with Gasteiger partial charge in [-0.3, -0.25) is 4.79 Å². The van der Waals surface area contributed by atoms with Crippen LogP contribution in [0.1, 0.15) is 24.5 Å². The Morgan fingerprint density at radius 3 is 2.82 bits per heavy atom. The van der Waals surface area contributed by atoms with Crippen LogP contribution < -0.4 is 10.6 Å². The molecule has 1 unspecified atom stereocenters. The Bertz CT molecular complexity index is 363. The van der Waals surface area contributed by atoms with Gasteiger partial charge in [-0.1, -0.05) is 29.8 Å². The number of amides is 1. The normalized spacial score (nSPS) is 12.2. The van der Waals surface area contributed by atoms with Crippen molar-refractivity contribution in [3.8, 4) is 0 Å². The standard InChI is InChI=1S/C14H22N2O/c1-11-5-4-6-13(9-11)8-7-12(2)16-10-14(17)15-3/h4-6,9,12,16H,7-8,10H2,1-3H3,(H,15,17). The average Bonchev–Trinajstić information content (AvgIpc) is 2.33. The van der Waals surface area contributed by atoms with Gasteiger partial charge in [0.15, 0.2) is 0 Å². The summed E-state index contributed by atoms with van der Waals surface area (Å²) < 4.78 is 0. The number of nitrogens with one attached hydrogen (secondary N) is 2. The van der Waals surface area contributed by atoms with Crippen molar-refractivity contribution in [2.75, 3.05) is 13.6 Å². The quantitative estimate of drug-likeness (QED) is 0.786. The summed E-state index contributed by atoms with van der Waals surface area (Å²) in [6.07, 6.45) is 2.09. The minimum Gasteiger partial charge on any atom is -0.358 e. The number of likely N-dealkylation sites (N-methyl/N-ethyl adjacent to an activating group) is 1. The molecule has 3 heteroatoms. The van der Waals surface area contributed by atoms with E-state index in [1.54, 1.807) is 7.05 Å². The molecule has 2 N–H and O–H groups in total. The van der Waals surface area contributed by atoms with Gasteiger partial charge in [0.2, 0.25) is 5.91 Å². The molecule has 0 fully saturated rings. The van der Waals surface area contributed by atoms with Crippen LogP contribution in [0.2, 0.25) is 0 Å². The Morgan fingerprint density at radius 2 is 2.18 bits per heavy atom. The summed E-state index contributed by atoms with van der Waals surface area (Å²) in [4.78, 5) is 11.1. The van der Waals surface area contributed by atoms with Gasteiger partial charge in [0, 0.05) is 13.1 Å². The van der Waals surface area contributed by atoms with Crippen molar-refractivity contribution in [1.82, 2.24) is 10.6 Å². The van der Waals surface area contributed by atoms with Gasteiger partial charge in [-0.2, -0.15) is 0 Å². The zero-order valence-electron chi connectivity index (χ0n) is 10.9. The first-order valence-electron chi connectivity index (χ1n) is 6.11. The molecule has 1 aromatic carbocycles. The highest BCUT2D eigenvalue weighted by atomic mass is 16.1. The fourth-order valence-corrected chi connectivity index (χ4v) is 1.71. The number of benzene rings is 1. The summed E-state index contributed by atoms with van der Waals surface area (Å²) in [5.41, 5.74) is 2.66. The van der Waals surface area contributed by atoms with Crippen molar-refractivity contribution >= 4 is 5.91 Å². The number of rotatable bonds is 6. The van der Waals surface area contributed by atoms with Crippen molar-refractivity contribution in [2.45, 2.75) is 32.7 Å². The molecular weight excluding hydrogens is 212 g/mol. The number of carbonyl (C=O) groups excluding carboxylic acids is 1. The van der Waals surface area contributed by atoms with Crippen LogP contribution in [-0.4, -0.2) is 25.5 Å². The second kappa shape index (κ2) is 7.07. The van der Waals surface area contributed by atoms with E-state index in [-0.39, 0.29) is 5.91 Å². The van der Waals surface area contributed by atoms with Gasteiger partial charge >= 0.3 is 0 Å². The van der Waals surface area contributed by atoms with Crippen LogP contribution in [0.4, 0.5) is 0 Å². The average molecular weight is 234 g/mol. The Hall–Kier alpha value is -1.35. The van der Waals surface area contributed by atoms with E-state index in [2.05, 4.69) is 48.7 Å². The molecule has 0 aliphatic carbocycles. The van der Waals surface area contributed by atoms with E-state index in [0.717, 1.165) is 12.8 Å². The molecular formula is C14H22N2O. The van der Waals surface area contributed by atoms with Gasteiger partial charge in [0.1, 0.15) is 0 Å². The molecule has 0 saturated heterocycles. The van der Waals surface area contributed by atoms with E-state index in [9.17, 15) is 4.79 Å². The van der Waals surface area contributed by atoms with Gasteiger partial charge in [0.25, 0.3) is 0 Å². The highest BCUT2D eigenvalue weighted by Gasteiger charge is 2.04. The van der Waals surface area contributed by atoms with E-state index < -0.39 is 0 Å². The largest absolute Gasteiger partial charge is 0.358 e. The van der Waals surface area contributed by atoms with Crippen LogP contribution in [0, 0.1) is 6.92 Å². The molecule has 0 aliphatic heterocycles. The molecule has 1 aromatic rings. The second-order valence-corrected chi connectivity index (χ2v) is 4.48. The van der Waals surface area contributed by atoms with Gasteiger partial charge in [-0.15, -0.1) is 0 Å². The maximum Gasteiger partial charge on any atom is 0.233 e. The lowest BCUT2D eigenvalue weighted by atomic mass is 10.0. The molecule has 0 spiro atoms. The lowest BCUT2D eigenvalue weighted by molar-refractivity contribution is -0.119. The van der Waals surface area contributed by atoms with E-state index in [4.69, 9.17) is 0 Å². The molecule has 1 amide bonds. The van der Waals surface area contributed by atoms with E-state index in [1.807, 2.05) is 0 Å². The molecule has 3 nitrogen and oxygen atoms in total. The lowest BCUT2D eigenvalue weighted by Crippen LogP contribution is -2.36. The fraction of sp³-hybridized carbons (Fsp3) is 0.500. The third-order valence-electron chi connectivity index (χ3n) is 2.84. The Balaban J connectivity index is 2.28. The number of hydrogen-bond donors (Lipinski definition) is 2. The molecule has 0 saturated carbocycles. The number of carbonyl (C=O) groups is 1. The summed E-state index contributed by atoms with van der Waals surface area (Å²) >= 11 is 0. The van der Waals surface area contributed by atoms with Gasteiger partial charge in [-0.25, -0.2) is 0 Å². The van der Waals surface area contributed by atoms with Crippen molar-refractivity contribution in [2.24, 2.45) is 0 Å². The van der Waals surface area contributed by atoms with Crippen molar-refractivity contribution in [3.63, 3.8) is 0 Å². The summed E-state index contributed by atoms with van der Waals surface area (Å²) in [5, 5.41) is 5.81. The molecule has 1 atom stereocenters. The summed E-state index contributed by atoms with van der Waals surface area (Å²) in [5.74, 6) is 0.0346. The summed E-state index contributed by atoms with van der Waals surface area (Å²) in [6.45, 7) is 4.61. The van der Waals surface area contributed by atoms with Crippen LogP contribution in [-0.2, 0) is 11.2 Å². The van der Waals surface area contributed by atoms with Crippen LogP contribution in [0.5, 0.6) is 0 Å². The van der Waals surface area contributed by atoms with Crippen LogP contribution in [0.25, 0.3) is 0 Å². The molecule has 0 heterocycles. The summed E-state index contributed by atoms with van der Waals surface area (Å²) in [6, 6.07) is 8.92. The molecule has 94 valence electrons. The zero-order valence-corrected chi connectivity index (χ0v) is 10.9. The third-order valence-corrected chi connectivity index (χ3v) is 2.84. The Morgan fingerprint density at radius 1 is 1.41 bits per heavy atom. The number of aryl methyl sites for hydroxylation is 2. The van der Waals surface area contributed by atoms with E-state index >= 15 is 0 Å². The molecule has 17 heavy (non-hydrogen) atoms. The lowest BCUT2D eigenvalue weighted by Gasteiger charge is -2.13. The SMILES string of the molecule is CNC(=O)CNC(C)CCc1cccc(C)c1. The van der Waals surface area contributed by atoms with E-state index in [0.29, 0.717) is 12.6 Å². The van der Waals surface area contributed by atoms with Crippen LogP contribution >= 0.6 is 0 Å². The minimum absolute atomic E-state index is 0.0346. The fourth-order valence-electron chi connectivity index (χ4n) is 1.71. The molecule has 1 rings (SSSR count). The third kappa shape index (κ3) is 5.50. The van der Waals surface area contributed by atoms with Crippen LogP contribution in [0.3, 0.4) is 0 Å². The van der Waals surface area contributed by atoms with Gasteiger partial charge in [-0.05, 0) is 32.3 Å². The first-order chi connectivity index (χ1) is 8.11. The topological polar surface area (TPSA) is 41.1 Å². The van der Waals surface area contributed by atoms with Gasteiger partial charge < -0.3 is 10.6 Å². The van der Waals surface area contributed by atoms with Gasteiger partial charge in [0.05, 0.1) is 6.54 Å². The Kier molecular flexibility index (Phi) is 5.70. The summed E-state index contributed by atoms with van der Waals surface area (Å²) in [7, 11) is 1.65. The molecule has 0 radical (unpaired) electrons. The predicted octanol–water partition coefficient (Wildman–Crippen LogP) is 1.65. The highest BCUT2D eigenvalue weighted by molar-refractivity contribution is 5.77. The highest BCUT2D eigenvalue weighted by Crippen LogP contribution is 2.07. The zero-order chi connectivity index (χ0) is 12.7. The van der Waals surface area contributed by atoms with E-state index in [1.165, 1.54) is 11.1 Å². The molecule has 0 aromatic heterocycles. The van der Waals surface area contributed by atoms with Crippen molar-refractivity contribution in [1.29, 1.82) is 0 Å². The minimum atomic E-state index is 0.0346. The van der Waals surface area contributed by atoms with Crippen molar-refractivity contribution in [3.05, 3.63) is 35.4 Å². The maximum atomic E-state index is 11.1. The first kappa shape index (κ1) is 13.7. The molecule has 0 aliphatic rings. The maximum absolute atomic E-state index is 11.1. The van der Waals surface area contributed by atoms with Crippen molar-refractivity contribution < 1.29 is 4.79 Å². The predicted molar refractivity (Wildman–Crippen MR) is 71.0 cm³/mol. The van der Waals surface area contributed by atoms with Crippen LogP contribution in [0.15, 0.2) is 24.3 Å². The molecule has 0 bridgehead atoms. The Labute approximate surface area is 104 Å².